The Morgan fingerprint density at radius 1 is 1.05 bits per heavy atom. The monoisotopic (exact) mass is 505 g/mol. The molecule has 0 amide bonds. The third kappa shape index (κ3) is 3.76. The summed E-state index contributed by atoms with van der Waals surface area (Å²) in [5.74, 6) is 2.80. The summed E-state index contributed by atoms with van der Waals surface area (Å²) < 4.78 is 14.0. The highest BCUT2D eigenvalue weighted by molar-refractivity contribution is 5.58. The molecule has 2 heterocycles. The summed E-state index contributed by atoms with van der Waals surface area (Å²) in [6.45, 7) is 12.3. The minimum absolute atomic E-state index is 0.0389. The second-order valence-corrected chi connectivity index (χ2v) is 13.0. The lowest BCUT2D eigenvalue weighted by molar-refractivity contribution is -0.233. The SMILES string of the molecule is C[C@H]1CC[C@H]2C(C)(C)[C@@H](O)CC[C@]23Oc2c4c(cc(OCc5ccccc5)c2C[C@]13C)CN(CCO)C4. The lowest BCUT2D eigenvalue weighted by Crippen LogP contribution is -2.70. The molecule has 2 N–H and O–H groups in total. The van der Waals surface area contributed by atoms with Gasteiger partial charge in [0.05, 0.1) is 12.7 Å². The predicted molar refractivity (Wildman–Crippen MR) is 144 cm³/mol. The van der Waals surface area contributed by atoms with Gasteiger partial charge in [0.15, 0.2) is 0 Å². The van der Waals surface area contributed by atoms with E-state index in [1.54, 1.807) is 0 Å². The van der Waals surface area contributed by atoms with Crippen LogP contribution in [0.5, 0.6) is 11.5 Å². The van der Waals surface area contributed by atoms with Gasteiger partial charge in [0.1, 0.15) is 23.7 Å². The summed E-state index contributed by atoms with van der Waals surface area (Å²) in [7, 11) is 0. The molecule has 6 rings (SSSR count). The van der Waals surface area contributed by atoms with E-state index in [9.17, 15) is 10.2 Å². The third-order valence-electron chi connectivity index (χ3n) is 10.8. The molecule has 0 unspecified atom stereocenters. The first-order chi connectivity index (χ1) is 17.7. The van der Waals surface area contributed by atoms with E-state index in [0.717, 1.165) is 62.3 Å². The molecule has 0 radical (unpaired) electrons. The predicted octanol–water partition coefficient (Wildman–Crippen LogP) is 5.48. The van der Waals surface area contributed by atoms with E-state index in [1.807, 2.05) is 6.07 Å². The first-order valence-electron chi connectivity index (χ1n) is 14.2. The van der Waals surface area contributed by atoms with Crippen LogP contribution in [0.2, 0.25) is 0 Å². The Bertz CT molecular complexity index is 1160. The van der Waals surface area contributed by atoms with E-state index < -0.39 is 0 Å². The number of β-amino-alcohol motifs (C(OH)–C–C–N with tert-alkyl or cyclic N) is 1. The van der Waals surface area contributed by atoms with E-state index in [4.69, 9.17) is 9.47 Å². The summed E-state index contributed by atoms with van der Waals surface area (Å²) in [5, 5.41) is 20.7. The number of hydrogen-bond acceptors (Lipinski definition) is 5. The molecule has 2 saturated carbocycles. The van der Waals surface area contributed by atoms with E-state index >= 15 is 0 Å². The van der Waals surface area contributed by atoms with E-state index in [1.165, 1.54) is 16.7 Å². The van der Waals surface area contributed by atoms with Crippen molar-refractivity contribution in [1.82, 2.24) is 4.90 Å². The summed E-state index contributed by atoms with van der Waals surface area (Å²) >= 11 is 0. The largest absolute Gasteiger partial charge is 0.488 e. The Balaban J connectivity index is 1.47. The molecule has 5 nitrogen and oxygen atoms in total. The van der Waals surface area contributed by atoms with Crippen molar-refractivity contribution in [1.29, 1.82) is 0 Å². The lowest BCUT2D eigenvalue weighted by atomic mass is 9.43. The van der Waals surface area contributed by atoms with Crippen LogP contribution in [-0.2, 0) is 26.1 Å². The summed E-state index contributed by atoms with van der Waals surface area (Å²) in [4.78, 5) is 2.30. The average Bonchev–Trinajstić information content (AvgIpc) is 3.28. The Kier molecular flexibility index (Phi) is 6.13. The smallest absolute Gasteiger partial charge is 0.131 e. The molecule has 2 aromatic carbocycles. The van der Waals surface area contributed by atoms with Crippen molar-refractivity contribution in [3.63, 3.8) is 0 Å². The minimum Gasteiger partial charge on any atom is -0.488 e. The van der Waals surface area contributed by atoms with Crippen LogP contribution in [0.15, 0.2) is 36.4 Å². The van der Waals surface area contributed by atoms with Crippen LogP contribution < -0.4 is 9.47 Å². The van der Waals surface area contributed by atoms with Crippen molar-refractivity contribution in [3.05, 3.63) is 58.7 Å². The van der Waals surface area contributed by atoms with Crippen molar-refractivity contribution in [2.24, 2.45) is 22.7 Å². The molecule has 4 aliphatic rings. The molecule has 0 saturated heterocycles. The zero-order valence-corrected chi connectivity index (χ0v) is 22.9. The number of rotatable bonds is 5. The maximum atomic E-state index is 11.1. The van der Waals surface area contributed by atoms with Gasteiger partial charge >= 0.3 is 0 Å². The highest BCUT2D eigenvalue weighted by Gasteiger charge is 2.67. The molecule has 2 fully saturated rings. The Hall–Kier alpha value is -2.08. The third-order valence-corrected chi connectivity index (χ3v) is 10.8. The minimum atomic E-state index is -0.295. The second-order valence-electron chi connectivity index (χ2n) is 13.0. The van der Waals surface area contributed by atoms with Gasteiger partial charge in [-0.3, -0.25) is 4.90 Å². The fraction of sp³-hybridized carbons (Fsp3) is 0.625. The molecule has 37 heavy (non-hydrogen) atoms. The molecule has 5 atom stereocenters. The number of aliphatic hydroxyl groups excluding tert-OH is 2. The number of aliphatic hydroxyl groups is 2. The van der Waals surface area contributed by atoms with Crippen LogP contribution in [0.4, 0.5) is 0 Å². The summed E-state index contributed by atoms with van der Waals surface area (Å²) in [6, 6.07) is 12.6. The maximum absolute atomic E-state index is 11.1. The number of fused-ring (bicyclic) bond motifs is 3. The molecule has 2 aliphatic heterocycles. The van der Waals surface area contributed by atoms with Crippen molar-refractivity contribution in [2.75, 3.05) is 13.2 Å². The van der Waals surface area contributed by atoms with Crippen molar-refractivity contribution >= 4 is 0 Å². The van der Waals surface area contributed by atoms with Gasteiger partial charge in [-0.15, -0.1) is 0 Å². The van der Waals surface area contributed by atoms with Crippen molar-refractivity contribution in [3.8, 4) is 11.5 Å². The number of ether oxygens (including phenoxy) is 2. The van der Waals surface area contributed by atoms with Crippen molar-refractivity contribution in [2.45, 2.75) is 91.2 Å². The van der Waals surface area contributed by atoms with Gasteiger partial charge in [0, 0.05) is 42.1 Å². The zero-order valence-electron chi connectivity index (χ0n) is 22.9. The Morgan fingerprint density at radius 3 is 2.59 bits per heavy atom. The van der Waals surface area contributed by atoms with E-state index in [-0.39, 0.29) is 29.1 Å². The van der Waals surface area contributed by atoms with Gasteiger partial charge in [-0.05, 0) is 60.6 Å². The highest BCUT2D eigenvalue weighted by Crippen LogP contribution is 2.67. The number of nitrogens with zero attached hydrogens (tertiary/aromatic N) is 1. The molecule has 2 aliphatic carbocycles. The van der Waals surface area contributed by atoms with Crippen molar-refractivity contribution < 1.29 is 19.7 Å². The summed E-state index contributed by atoms with van der Waals surface area (Å²) in [6.07, 6.45) is 4.57. The van der Waals surface area contributed by atoms with Gasteiger partial charge in [0.2, 0.25) is 0 Å². The van der Waals surface area contributed by atoms with Crippen LogP contribution >= 0.6 is 0 Å². The molecule has 2 aromatic rings. The molecule has 200 valence electrons. The Labute approximate surface area is 221 Å². The second kappa shape index (κ2) is 9.00. The molecule has 0 bridgehead atoms. The van der Waals surface area contributed by atoms with Gasteiger partial charge < -0.3 is 19.7 Å². The van der Waals surface area contributed by atoms with E-state index in [2.05, 4.69) is 62.9 Å². The standard InChI is InChI=1S/C32H43NO4/c1-21-10-11-27-30(2,3)28(35)12-13-32(27)31(21,4)17-24-26(36-20-22-8-6-5-7-9-22)16-23-18-33(14-15-34)19-25(23)29(24)37-32/h5-9,16,21,27-28,34-35H,10-15,17-20H2,1-4H3/t21-,27-,28-,31+,32-/m0/s1. The normalized spacial score (nSPS) is 34.1. The molecule has 5 heteroatoms. The topological polar surface area (TPSA) is 62.2 Å². The Morgan fingerprint density at radius 2 is 1.84 bits per heavy atom. The maximum Gasteiger partial charge on any atom is 0.131 e. The quantitative estimate of drug-likeness (QED) is 0.563. The molecular weight excluding hydrogens is 462 g/mol. The van der Waals surface area contributed by atoms with Crippen LogP contribution in [0.1, 0.15) is 75.6 Å². The lowest BCUT2D eigenvalue weighted by Gasteiger charge is -2.67. The van der Waals surface area contributed by atoms with Crippen LogP contribution in [0.3, 0.4) is 0 Å². The highest BCUT2D eigenvalue weighted by atomic mass is 16.5. The zero-order chi connectivity index (χ0) is 26.0. The van der Waals surface area contributed by atoms with Gasteiger partial charge in [-0.1, -0.05) is 58.0 Å². The van der Waals surface area contributed by atoms with Gasteiger partial charge in [-0.25, -0.2) is 0 Å². The first-order valence-corrected chi connectivity index (χ1v) is 14.2. The molecule has 0 aromatic heterocycles. The van der Waals surface area contributed by atoms with Gasteiger partial charge in [0.25, 0.3) is 0 Å². The molecular formula is C32H43NO4. The number of hydrogen-bond donors (Lipinski definition) is 2. The van der Waals surface area contributed by atoms with Crippen LogP contribution in [0.25, 0.3) is 0 Å². The first kappa shape index (κ1) is 25.2. The fourth-order valence-electron chi connectivity index (χ4n) is 8.34. The van der Waals surface area contributed by atoms with Crippen LogP contribution in [-0.4, -0.2) is 40.0 Å². The average molecular weight is 506 g/mol. The van der Waals surface area contributed by atoms with Crippen LogP contribution in [0, 0.1) is 22.7 Å². The van der Waals surface area contributed by atoms with Gasteiger partial charge in [-0.2, -0.15) is 0 Å². The van der Waals surface area contributed by atoms with E-state index in [0.29, 0.717) is 25.0 Å². The molecule has 1 spiro atoms. The fourth-order valence-corrected chi connectivity index (χ4v) is 8.34. The number of benzene rings is 2. The summed E-state index contributed by atoms with van der Waals surface area (Å²) in [5.41, 5.74) is 4.38.